The Balaban J connectivity index is 2.74. The summed E-state index contributed by atoms with van der Waals surface area (Å²) in [5, 5.41) is 17.3. The van der Waals surface area contributed by atoms with Crippen molar-refractivity contribution in [3.63, 3.8) is 0 Å². The van der Waals surface area contributed by atoms with Crippen molar-refractivity contribution in [2.45, 2.75) is 6.92 Å². The van der Waals surface area contributed by atoms with Crippen molar-refractivity contribution in [3.05, 3.63) is 27.7 Å². The van der Waals surface area contributed by atoms with Crippen LogP contribution in [0.25, 0.3) is 0 Å². The molecule has 1 aromatic rings. The van der Waals surface area contributed by atoms with Crippen LogP contribution in [0.15, 0.2) is 17.2 Å². The van der Waals surface area contributed by atoms with Gasteiger partial charge in [0.1, 0.15) is 5.75 Å². The quantitative estimate of drug-likeness (QED) is 0.455. The van der Waals surface area contributed by atoms with Gasteiger partial charge in [-0.05, 0) is 31.3 Å². The SMILES string of the molecule is CCNC(=S)NN=Cc1cc(Cl)cc(Cl)c1O. The van der Waals surface area contributed by atoms with Gasteiger partial charge < -0.3 is 10.4 Å². The molecule has 0 saturated heterocycles. The first kappa shape index (κ1) is 14.0. The van der Waals surface area contributed by atoms with Crippen LogP contribution in [0.3, 0.4) is 0 Å². The standard InChI is InChI=1S/C10H11Cl2N3OS/c1-2-13-10(17)15-14-5-6-3-7(11)4-8(12)9(6)16/h3-5,16H,2H2,1H3,(H2,13,15,17). The van der Waals surface area contributed by atoms with Crippen molar-refractivity contribution >= 4 is 46.7 Å². The number of nitrogens with one attached hydrogen (secondary N) is 2. The maximum atomic E-state index is 9.63. The first-order chi connectivity index (χ1) is 8.04. The fourth-order valence-electron chi connectivity index (χ4n) is 1.04. The third-order valence-electron chi connectivity index (χ3n) is 1.76. The molecular formula is C10H11Cl2N3OS. The van der Waals surface area contributed by atoms with Gasteiger partial charge in [0.05, 0.1) is 11.2 Å². The molecule has 3 N–H and O–H groups in total. The van der Waals surface area contributed by atoms with E-state index < -0.39 is 0 Å². The molecule has 4 nitrogen and oxygen atoms in total. The van der Waals surface area contributed by atoms with Crippen LogP contribution in [0.4, 0.5) is 0 Å². The number of rotatable bonds is 3. The normalized spacial score (nSPS) is 10.5. The third-order valence-corrected chi connectivity index (χ3v) is 2.51. The van der Waals surface area contributed by atoms with Crippen LogP contribution in [-0.2, 0) is 0 Å². The van der Waals surface area contributed by atoms with E-state index in [1.54, 1.807) is 6.07 Å². The van der Waals surface area contributed by atoms with E-state index >= 15 is 0 Å². The molecule has 1 aromatic carbocycles. The molecule has 0 saturated carbocycles. The maximum Gasteiger partial charge on any atom is 0.186 e. The molecule has 7 heteroatoms. The zero-order chi connectivity index (χ0) is 12.8. The molecule has 17 heavy (non-hydrogen) atoms. The number of hydrogen-bond acceptors (Lipinski definition) is 3. The molecular weight excluding hydrogens is 281 g/mol. The van der Waals surface area contributed by atoms with Gasteiger partial charge in [0.2, 0.25) is 0 Å². The number of hydrogen-bond donors (Lipinski definition) is 3. The Morgan fingerprint density at radius 1 is 1.53 bits per heavy atom. The fourth-order valence-corrected chi connectivity index (χ4v) is 1.75. The van der Waals surface area contributed by atoms with E-state index in [-0.39, 0.29) is 10.8 Å². The van der Waals surface area contributed by atoms with E-state index in [0.29, 0.717) is 22.2 Å². The minimum atomic E-state index is -0.0732. The topological polar surface area (TPSA) is 56.7 Å². The molecule has 0 bridgehead atoms. The molecule has 0 aliphatic rings. The highest BCUT2D eigenvalue weighted by Crippen LogP contribution is 2.29. The molecule has 0 aliphatic carbocycles. The summed E-state index contributed by atoms with van der Waals surface area (Å²) in [6.45, 7) is 2.62. The summed E-state index contributed by atoms with van der Waals surface area (Å²) in [5.74, 6) is -0.0732. The molecule has 0 radical (unpaired) electrons. The van der Waals surface area contributed by atoms with Crippen molar-refractivity contribution in [2.24, 2.45) is 5.10 Å². The fraction of sp³-hybridized carbons (Fsp3) is 0.200. The van der Waals surface area contributed by atoms with Crippen molar-refractivity contribution in [3.8, 4) is 5.75 Å². The van der Waals surface area contributed by atoms with Crippen molar-refractivity contribution in [2.75, 3.05) is 6.54 Å². The molecule has 0 heterocycles. The van der Waals surface area contributed by atoms with Crippen LogP contribution in [0.5, 0.6) is 5.75 Å². The van der Waals surface area contributed by atoms with E-state index in [9.17, 15) is 5.11 Å². The van der Waals surface area contributed by atoms with Crippen LogP contribution in [0, 0.1) is 0 Å². The highest BCUT2D eigenvalue weighted by molar-refractivity contribution is 7.80. The summed E-state index contributed by atoms with van der Waals surface area (Å²) in [4.78, 5) is 0. The van der Waals surface area contributed by atoms with Gasteiger partial charge in [0.15, 0.2) is 5.11 Å². The molecule has 92 valence electrons. The molecule has 0 unspecified atom stereocenters. The van der Waals surface area contributed by atoms with Gasteiger partial charge in [-0.25, -0.2) is 0 Å². The van der Waals surface area contributed by atoms with Crippen LogP contribution in [-0.4, -0.2) is 23.0 Å². The molecule has 0 fully saturated rings. The Kier molecular flexibility index (Phi) is 5.47. The van der Waals surface area contributed by atoms with Crippen LogP contribution >= 0.6 is 35.4 Å². The summed E-state index contributed by atoms with van der Waals surface area (Å²) in [7, 11) is 0. The van der Waals surface area contributed by atoms with E-state index in [1.165, 1.54) is 12.3 Å². The Bertz CT molecular complexity index is 451. The highest BCUT2D eigenvalue weighted by atomic mass is 35.5. The molecule has 0 spiro atoms. The van der Waals surface area contributed by atoms with Gasteiger partial charge in [-0.15, -0.1) is 0 Å². The monoisotopic (exact) mass is 291 g/mol. The molecule has 0 atom stereocenters. The number of benzene rings is 1. The predicted octanol–water partition coefficient (Wildman–Crippen LogP) is 2.52. The predicted molar refractivity (Wildman–Crippen MR) is 75.1 cm³/mol. The molecule has 1 rings (SSSR count). The Hall–Kier alpha value is -1.04. The number of halogens is 2. The number of nitrogens with zero attached hydrogens (tertiary/aromatic N) is 1. The first-order valence-electron chi connectivity index (χ1n) is 4.79. The van der Waals surface area contributed by atoms with E-state index in [4.69, 9.17) is 35.4 Å². The van der Waals surface area contributed by atoms with Crippen LogP contribution < -0.4 is 10.7 Å². The second-order valence-corrected chi connectivity index (χ2v) is 4.31. The minimum absolute atomic E-state index is 0.0732. The summed E-state index contributed by atoms with van der Waals surface area (Å²) in [5.41, 5.74) is 3.00. The number of hydrazone groups is 1. The van der Waals surface area contributed by atoms with Crippen LogP contribution in [0.2, 0.25) is 10.0 Å². The lowest BCUT2D eigenvalue weighted by molar-refractivity contribution is 0.474. The lowest BCUT2D eigenvalue weighted by Gasteiger charge is -2.04. The van der Waals surface area contributed by atoms with Crippen molar-refractivity contribution < 1.29 is 5.11 Å². The molecule has 0 amide bonds. The number of aromatic hydroxyl groups is 1. The van der Waals surface area contributed by atoms with Gasteiger partial charge in [0.25, 0.3) is 0 Å². The highest BCUT2D eigenvalue weighted by Gasteiger charge is 2.05. The number of phenols is 1. The summed E-state index contributed by atoms with van der Waals surface area (Å²) in [6, 6.07) is 3.00. The Labute approximate surface area is 115 Å². The third kappa shape index (κ3) is 4.38. The van der Waals surface area contributed by atoms with Gasteiger partial charge in [-0.3, -0.25) is 5.43 Å². The smallest absolute Gasteiger partial charge is 0.186 e. The van der Waals surface area contributed by atoms with Crippen LogP contribution in [0.1, 0.15) is 12.5 Å². The Morgan fingerprint density at radius 2 is 2.24 bits per heavy atom. The molecule has 0 aromatic heterocycles. The van der Waals surface area contributed by atoms with E-state index in [2.05, 4.69) is 15.8 Å². The second kappa shape index (κ2) is 6.64. The second-order valence-electron chi connectivity index (χ2n) is 3.05. The number of phenolic OH excluding ortho intramolecular Hbond substituents is 1. The summed E-state index contributed by atoms with van der Waals surface area (Å²) >= 11 is 16.5. The minimum Gasteiger partial charge on any atom is -0.506 e. The van der Waals surface area contributed by atoms with Crippen molar-refractivity contribution in [1.82, 2.24) is 10.7 Å². The van der Waals surface area contributed by atoms with Crippen molar-refractivity contribution in [1.29, 1.82) is 0 Å². The van der Waals surface area contributed by atoms with E-state index in [0.717, 1.165) is 0 Å². The zero-order valence-electron chi connectivity index (χ0n) is 9.00. The summed E-state index contributed by atoms with van der Waals surface area (Å²) < 4.78 is 0. The lowest BCUT2D eigenvalue weighted by atomic mass is 10.2. The van der Waals surface area contributed by atoms with E-state index in [1.807, 2.05) is 6.92 Å². The average molecular weight is 292 g/mol. The summed E-state index contributed by atoms with van der Waals surface area (Å²) in [6.07, 6.45) is 1.39. The van der Waals surface area contributed by atoms with Gasteiger partial charge in [-0.1, -0.05) is 23.2 Å². The molecule has 0 aliphatic heterocycles. The zero-order valence-corrected chi connectivity index (χ0v) is 11.3. The largest absolute Gasteiger partial charge is 0.506 e. The average Bonchev–Trinajstić information content (AvgIpc) is 2.25. The maximum absolute atomic E-state index is 9.63. The van der Waals surface area contributed by atoms with Gasteiger partial charge >= 0.3 is 0 Å². The first-order valence-corrected chi connectivity index (χ1v) is 5.96. The van der Waals surface area contributed by atoms with Gasteiger partial charge in [-0.2, -0.15) is 5.10 Å². The van der Waals surface area contributed by atoms with Gasteiger partial charge in [0, 0.05) is 17.1 Å². The Morgan fingerprint density at radius 3 is 2.88 bits per heavy atom. The number of thiocarbonyl (C=S) groups is 1. The lowest BCUT2D eigenvalue weighted by Crippen LogP contribution is -2.31.